The standard InChI is InChI=1S/C29H33N3O3/c1-21(2)31(20-28(33)23-12-7-5-8-13-23)19-27-22(3)30-32(24-14-9-6-10-15-24)29(27)35-26-17-11-16-25(18-26)34-4/h5-18,21,28,33H,19-20H2,1-4H3. The maximum absolute atomic E-state index is 10.9. The van der Waals surface area contributed by atoms with Gasteiger partial charge in [-0.1, -0.05) is 54.6 Å². The molecule has 0 amide bonds. The molecule has 3 aromatic carbocycles. The Bertz CT molecular complexity index is 1220. The van der Waals surface area contributed by atoms with E-state index in [-0.39, 0.29) is 6.04 Å². The van der Waals surface area contributed by atoms with Gasteiger partial charge in [0.25, 0.3) is 0 Å². The largest absolute Gasteiger partial charge is 0.497 e. The molecule has 0 aliphatic carbocycles. The predicted octanol–water partition coefficient (Wildman–Crippen LogP) is 5.93. The lowest BCUT2D eigenvalue weighted by molar-refractivity contribution is 0.0902. The Morgan fingerprint density at radius 2 is 1.57 bits per heavy atom. The van der Waals surface area contributed by atoms with Crippen LogP contribution < -0.4 is 9.47 Å². The Morgan fingerprint density at radius 1 is 0.914 bits per heavy atom. The van der Waals surface area contributed by atoms with Crippen molar-refractivity contribution in [3.63, 3.8) is 0 Å². The number of ether oxygens (including phenoxy) is 2. The first-order valence-corrected chi connectivity index (χ1v) is 11.9. The van der Waals surface area contributed by atoms with Crippen molar-refractivity contribution in [1.82, 2.24) is 14.7 Å². The number of methoxy groups -OCH3 is 1. The van der Waals surface area contributed by atoms with Crippen LogP contribution in [0.15, 0.2) is 84.9 Å². The highest BCUT2D eigenvalue weighted by Crippen LogP contribution is 2.33. The summed E-state index contributed by atoms with van der Waals surface area (Å²) in [6.07, 6.45) is -0.592. The van der Waals surface area contributed by atoms with Crippen molar-refractivity contribution in [1.29, 1.82) is 0 Å². The highest BCUT2D eigenvalue weighted by atomic mass is 16.5. The molecule has 1 heterocycles. The van der Waals surface area contributed by atoms with Gasteiger partial charge in [0.2, 0.25) is 5.88 Å². The average Bonchev–Trinajstić information content (AvgIpc) is 3.19. The maximum atomic E-state index is 10.9. The van der Waals surface area contributed by atoms with Crippen LogP contribution >= 0.6 is 0 Å². The first-order valence-electron chi connectivity index (χ1n) is 11.9. The molecule has 0 saturated carbocycles. The van der Waals surface area contributed by atoms with Crippen LogP contribution in [0.5, 0.6) is 17.4 Å². The van der Waals surface area contributed by atoms with Gasteiger partial charge in [-0.15, -0.1) is 0 Å². The van der Waals surface area contributed by atoms with Crippen molar-refractivity contribution in [2.75, 3.05) is 13.7 Å². The molecule has 182 valence electrons. The van der Waals surface area contributed by atoms with E-state index in [1.165, 1.54) is 0 Å². The van der Waals surface area contributed by atoms with Gasteiger partial charge >= 0.3 is 0 Å². The topological polar surface area (TPSA) is 59.8 Å². The van der Waals surface area contributed by atoms with Crippen LogP contribution in [0.1, 0.15) is 36.8 Å². The molecule has 1 aromatic heterocycles. The van der Waals surface area contributed by atoms with Gasteiger partial charge in [-0.3, -0.25) is 4.90 Å². The fourth-order valence-corrected chi connectivity index (χ4v) is 4.01. The van der Waals surface area contributed by atoms with Gasteiger partial charge in [-0.25, -0.2) is 4.68 Å². The molecule has 0 spiro atoms. The number of benzene rings is 3. The van der Waals surface area contributed by atoms with Crippen LogP contribution in [-0.4, -0.2) is 39.5 Å². The molecule has 6 heteroatoms. The number of nitrogens with zero attached hydrogens (tertiary/aromatic N) is 3. The van der Waals surface area contributed by atoms with Crippen molar-refractivity contribution in [2.45, 2.75) is 39.5 Å². The summed E-state index contributed by atoms with van der Waals surface area (Å²) < 4.78 is 13.7. The van der Waals surface area contributed by atoms with E-state index < -0.39 is 6.10 Å². The summed E-state index contributed by atoms with van der Waals surface area (Å²) in [7, 11) is 1.64. The van der Waals surface area contributed by atoms with Crippen molar-refractivity contribution in [3.8, 4) is 23.1 Å². The summed E-state index contributed by atoms with van der Waals surface area (Å²) in [6.45, 7) is 7.35. The Hall–Kier alpha value is -3.61. The normalized spacial score (nSPS) is 12.2. The average molecular weight is 472 g/mol. The number of aliphatic hydroxyl groups excluding tert-OH is 1. The zero-order chi connectivity index (χ0) is 24.8. The lowest BCUT2D eigenvalue weighted by Crippen LogP contribution is -2.34. The molecule has 1 atom stereocenters. The van der Waals surface area contributed by atoms with Crippen molar-refractivity contribution >= 4 is 0 Å². The van der Waals surface area contributed by atoms with E-state index in [2.05, 4.69) is 18.7 Å². The molecular formula is C29H33N3O3. The molecule has 6 nitrogen and oxygen atoms in total. The summed E-state index contributed by atoms with van der Waals surface area (Å²) in [4.78, 5) is 2.25. The first kappa shape index (κ1) is 24.5. The third kappa shape index (κ3) is 5.91. The smallest absolute Gasteiger partial charge is 0.227 e. The number of aliphatic hydroxyl groups is 1. The number of para-hydroxylation sites is 1. The highest BCUT2D eigenvalue weighted by molar-refractivity contribution is 5.44. The SMILES string of the molecule is COc1cccc(Oc2c(CN(CC(O)c3ccccc3)C(C)C)c(C)nn2-c2ccccc2)c1. The van der Waals surface area contributed by atoms with Gasteiger partial charge in [0.1, 0.15) is 11.5 Å². The molecule has 1 unspecified atom stereocenters. The van der Waals surface area contributed by atoms with E-state index >= 15 is 0 Å². The molecule has 35 heavy (non-hydrogen) atoms. The summed E-state index contributed by atoms with van der Waals surface area (Å²) in [5.41, 5.74) is 3.68. The van der Waals surface area contributed by atoms with Crippen LogP contribution in [-0.2, 0) is 6.54 Å². The second kappa shape index (κ2) is 11.2. The number of hydrogen-bond acceptors (Lipinski definition) is 5. The predicted molar refractivity (Wildman–Crippen MR) is 138 cm³/mol. The number of hydrogen-bond donors (Lipinski definition) is 1. The molecule has 4 rings (SSSR count). The Balaban J connectivity index is 1.70. The fourth-order valence-electron chi connectivity index (χ4n) is 4.01. The summed E-state index contributed by atoms with van der Waals surface area (Å²) in [5, 5.41) is 15.8. The molecule has 0 bridgehead atoms. The van der Waals surface area contributed by atoms with E-state index in [4.69, 9.17) is 14.6 Å². The van der Waals surface area contributed by atoms with Gasteiger partial charge in [0.15, 0.2) is 0 Å². The van der Waals surface area contributed by atoms with E-state index in [0.717, 1.165) is 28.3 Å². The van der Waals surface area contributed by atoms with E-state index in [9.17, 15) is 5.11 Å². The zero-order valence-corrected chi connectivity index (χ0v) is 20.8. The van der Waals surface area contributed by atoms with Crippen molar-refractivity contribution in [2.24, 2.45) is 0 Å². The van der Waals surface area contributed by atoms with Crippen LogP contribution in [0.25, 0.3) is 5.69 Å². The minimum Gasteiger partial charge on any atom is -0.497 e. The summed E-state index contributed by atoms with van der Waals surface area (Å²) >= 11 is 0. The molecule has 0 saturated heterocycles. The lowest BCUT2D eigenvalue weighted by Gasteiger charge is -2.29. The molecule has 1 N–H and O–H groups in total. The quantitative estimate of drug-likeness (QED) is 0.311. The minimum absolute atomic E-state index is 0.206. The van der Waals surface area contributed by atoms with E-state index in [1.807, 2.05) is 96.5 Å². The van der Waals surface area contributed by atoms with Gasteiger partial charge in [-0.2, -0.15) is 5.10 Å². The summed E-state index contributed by atoms with van der Waals surface area (Å²) in [6, 6.07) is 27.5. The second-order valence-electron chi connectivity index (χ2n) is 8.85. The van der Waals surface area contributed by atoms with Crippen LogP contribution in [0, 0.1) is 6.92 Å². The molecule has 0 radical (unpaired) electrons. The van der Waals surface area contributed by atoms with Gasteiger partial charge in [0, 0.05) is 25.2 Å². The summed E-state index contributed by atoms with van der Waals surface area (Å²) in [5.74, 6) is 2.05. The monoisotopic (exact) mass is 471 g/mol. The van der Waals surface area contributed by atoms with Gasteiger partial charge < -0.3 is 14.6 Å². The lowest BCUT2D eigenvalue weighted by atomic mass is 10.1. The third-order valence-electron chi connectivity index (χ3n) is 6.08. The van der Waals surface area contributed by atoms with Crippen LogP contribution in [0.4, 0.5) is 0 Å². The van der Waals surface area contributed by atoms with Gasteiger partial charge in [-0.05, 0) is 50.6 Å². The second-order valence-corrected chi connectivity index (χ2v) is 8.85. The fraction of sp³-hybridized carbons (Fsp3) is 0.276. The minimum atomic E-state index is -0.592. The van der Waals surface area contributed by atoms with Crippen molar-refractivity contribution < 1.29 is 14.6 Å². The highest BCUT2D eigenvalue weighted by Gasteiger charge is 2.24. The van der Waals surface area contributed by atoms with E-state index in [0.29, 0.717) is 24.7 Å². The number of rotatable bonds is 10. The molecule has 0 aliphatic rings. The molecular weight excluding hydrogens is 438 g/mol. The Labute approximate surface area is 207 Å². The zero-order valence-electron chi connectivity index (χ0n) is 20.8. The molecule has 4 aromatic rings. The Morgan fingerprint density at radius 3 is 2.23 bits per heavy atom. The first-order chi connectivity index (χ1) is 17.0. The van der Waals surface area contributed by atoms with Crippen LogP contribution in [0.2, 0.25) is 0 Å². The number of aromatic nitrogens is 2. The molecule has 0 aliphatic heterocycles. The van der Waals surface area contributed by atoms with Crippen LogP contribution in [0.3, 0.4) is 0 Å². The van der Waals surface area contributed by atoms with E-state index in [1.54, 1.807) is 7.11 Å². The third-order valence-corrected chi connectivity index (χ3v) is 6.08. The Kier molecular flexibility index (Phi) is 7.85. The van der Waals surface area contributed by atoms with Crippen molar-refractivity contribution in [3.05, 3.63) is 102 Å². The van der Waals surface area contributed by atoms with Gasteiger partial charge in [0.05, 0.1) is 30.2 Å². The number of aryl methyl sites for hydroxylation is 1. The maximum Gasteiger partial charge on any atom is 0.227 e. The molecule has 0 fully saturated rings.